The molecule has 1 fully saturated rings. The monoisotopic (exact) mass is 327 g/mol. The normalized spacial score (nSPS) is 16.6. The highest BCUT2D eigenvalue weighted by atomic mass is 35.5. The summed E-state index contributed by atoms with van der Waals surface area (Å²) in [5.74, 6) is -0.662. The minimum Gasteiger partial charge on any atom is -0.481 e. The lowest BCUT2D eigenvalue weighted by Crippen LogP contribution is -2.41. The standard InChI is InChI=1S/C15H18ClNO3S/c16-11-3-5-12(6-4-11)21-9-13(18)17-10-15(14(19)20)7-1-2-8-15/h3-6H,1-2,7-10H2,(H,17,18)(H,19,20). The van der Waals surface area contributed by atoms with Crippen LogP contribution in [-0.4, -0.2) is 29.3 Å². The number of aliphatic carboxylic acids is 1. The van der Waals surface area contributed by atoms with Gasteiger partial charge in [-0.2, -0.15) is 0 Å². The summed E-state index contributed by atoms with van der Waals surface area (Å²) in [5.41, 5.74) is -0.763. The number of carbonyl (C=O) groups excluding carboxylic acids is 1. The molecule has 0 aliphatic heterocycles. The van der Waals surface area contributed by atoms with E-state index in [2.05, 4.69) is 5.32 Å². The summed E-state index contributed by atoms with van der Waals surface area (Å²) in [6.45, 7) is 0.225. The average molecular weight is 328 g/mol. The highest BCUT2D eigenvalue weighted by Crippen LogP contribution is 2.37. The molecule has 1 aromatic carbocycles. The molecule has 2 rings (SSSR count). The number of thioether (sulfide) groups is 1. The van der Waals surface area contributed by atoms with E-state index >= 15 is 0 Å². The lowest BCUT2D eigenvalue weighted by Gasteiger charge is -2.23. The van der Waals surface area contributed by atoms with E-state index in [1.54, 1.807) is 12.1 Å². The van der Waals surface area contributed by atoms with Crippen molar-refractivity contribution in [2.24, 2.45) is 5.41 Å². The summed E-state index contributed by atoms with van der Waals surface area (Å²) in [7, 11) is 0. The van der Waals surface area contributed by atoms with Crippen molar-refractivity contribution in [3.63, 3.8) is 0 Å². The van der Waals surface area contributed by atoms with Crippen molar-refractivity contribution >= 4 is 35.2 Å². The fourth-order valence-electron chi connectivity index (χ4n) is 2.52. The Kier molecular flexibility index (Phi) is 5.53. The van der Waals surface area contributed by atoms with Gasteiger partial charge in [0.05, 0.1) is 11.2 Å². The molecule has 0 atom stereocenters. The number of hydrogen-bond donors (Lipinski definition) is 2. The Hall–Kier alpha value is -1.20. The number of halogens is 1. The van der Waals surface area contributed by atoms with Crippen LogP contribution < -0.4 is 5.32 Å². The van der Waals surface area contributed by atoms with E-state index in [-0.39, 0.29) is 18.2 Å². The fraction of sp³-hybridized carbons (Fsp3) is 0.467. The van der Waals surface area contributed by atoms with Crippen LogP contribution >= 0.6 is 23.4 Å². The summed E-state index contributed by atoms with van der Waals surface area (Å²) in [5, 5.41) is 12.8. The fourth-order valence-corrected chi connectivity index (χ4v) is 3.37. The first-order chi connectivity index (χ1) is 10.0. The van der Waals surface area contributed by atoms with Crippen molar-refractivity contribution in [2.75, 3.05) is 12.3 Å². The SMILES string of the molecule is O=C(CSc1ccc(Cl)cc1)NCC1(C(=O)O)CCCC1. The molecule has 0 radical (unpaired) electrons. The van der Waals surface area contributed by atoms with Crippen molar-refractivity contribution in [1.82, 2.24) is 5.32 Å². The molecule has 4 nitrogen and oxygen atoms in total. The summed E-state index contributed by atoms with van der Waals surface area (Å²) >= 11 is 7.21. The first-order valence-corrected chi connectivity index (χ1v) is 8.27. The van der Waals surface area contributed by atoms with Gasteiger partial charge in [-0.3, -0.25) is 9.59 Å². The van der Waals surface area contributed by atoms with Gasteiger partial charge in [0.25, 0.3) is 0 Å². The molecule has 1 saturated carbocycles. The minimum absolute atomic E-state index is 0.137. The second-order valence-electron chi connectivity index (χ2n) is 5.31. The molecule has 0 bridgehead atoms. The minimum atomic E-state index is -0.800. The number of rotatable bonds is 6. The predicted molar refractivity (Wildman–Crippen MR) is 83.7 cm³/mol. The van der Waals surface area contributed by atoms with Crippen LogP contribution in [0.1, 0.15) is 25.7 Å². The van der Waals surface area contributed by atoms with Crippen LogP contribution in [-0.2, 0) is 9.59 Å². The third-order valence-corrected chi connectivity index (χ3v) is 5.09. The lowest BCUT2D eigenvalue weighted by molar-refractivity contribution is -0.148. The molecule has 114 valence electrons. The van der Waals surface area contributed by atoms with Crippen molar-refractivity contribution in [3.05, 3.63) is 29.3 Å². The topological polar surface area (TPSA) is 66.4 Å². The number of amides is 1. The molecule has 1 aliphatic carbocycles. The third-order valence-electron chi connectivity index (χ3n) is 3.82. The van der Waals surface area contributed by atoms with Crippen LogP contribution in [0.4, 0.5) is 0 Å². The van der Waals surface area contributed by atoms with E-state index in [4.69, 9.17) is 11.6 Å². The number of benzene rings is 1. The van der Waals surface area contributed by atoms with E-state index in [1.165, 1.54) is 11.8 Å². The van der Waals surface area contributed by atoms with Crippen LogP contribution in [0, 0.1) is 5.41 Å². The largest absolute Gasteiger partial charge is 0.481 e. The maximum Gasteiger partial charge on any atom is 0.311 e. The maximum atomic E-state index is 11.9. The summed E-state index contributed by atoms with van der Waals surface area (Å²) in [6.07, 6.45) is 3.13. The Morgan fingerprint density at radius 2 is 1.86 bits per heavy atom. The van der Waals surface area contributed by atoms with Gasteiger partial charge in [-0.1, -0.05) is 24.4 Å². The zero-order valence-corrected chi connectivity index (χ0v) is 13.2. The zero-order chi connectivity index (χ0) is 15.3. The number of nitrogens with one attached hydrogen (secondary N) is 1. The summed E-state index contributed by atoms with van der Waals surface area (Å²) in [6, 6.07) is 7.27. The molecule has 21 heavy (non-hydrogen) atoms. The van der Waals surface area contributed by atoms with E-state index in [1.807, 2.05) is 12.1 Å². The van der Waals surface area contributed by atoms with Gasteiger partial charge in [-0.25, -0.2) is 0 Å². The van der Waals surface area contributed by atoms with Gasteiger partial charge in [-0.15, -0.1) is 11.8 Å². The Morgan fingerprint density at radius 1 is 1.24 bits per heavy atom. The zero-order valence-electron chi connectivity index (χ0n) is 11.6. The van der Waals surface area contributed by atoms with Gasteiger partial charge in [-0.05, 0) is 37.1 Å². The van der Waals surface area contributed by atoms with Crippen molar-refractivity contribution < 1.29 is 14.7 Å². The van der Waals surface area contributed by atoms with Crippen molar-refractivity contribution in [1.29, 1.82) is 0 Å². The third kappa shape index (κ3) is 4.38. The summed E-state index contributed by atoms with van der Waals surface area (Å²) < 4.78 is 0. The molecule has 0 spiro atoms. The smallest absolute Gasteiger partial charge is 0.311 e. The van der Waals surface area contributed by atoms with Crippen LogP contribution in [0.25, 0.3) is 0 Å². The highest BCUT2D eigenvalue weighted by molar-refractivity contribution is 8.00. The second kappa shape index (κ2) is 7.18. The van der Waals surface area contributed by atoms with Crippen LogP contribution in [0.2, 0.25) is 5.02 Å². The van der Waals surface area contributed by atoms with E-state index in [0.29, 0.717) is 17.9 Å². The summed E-state index contributed by atoms with van der Waals surface area (Å²) in [4.78, 5) is 24.2. The van der Waals surface area contributed by atoms with E-state index < -0.39 is 11.4 Å². The molecule has 0 heterocycles. The van der Waals surface area contributed by atoms with E-state index in [9.17, 15) is 14.7 Å². The molecule has 2 N–H and O–H groups in total. The Morgan fingerprint density at radius 3 is 2.43 bits per heavy atom. The molecule has 0 aromatic heterocycles. The number of carboxylic acids is 1. The highest BCUT2D eigenvalue weighted by Gasteiger charge is 2.41. The van der Waals surface area contributed by atoms with Crippen LogP contribution in [0.3, 0.4) is 0 Å². The van der Waals surface area contributed by atoms with Gasteiger partial charge >= 0.3 is 5.97 Å². The molecular weight excluding hydrogens is 310 g/mol. The van der Waals surface area contributed by atoms with Crippen molar-refractivity contribution in [3.8, 4) is 0 Å². The van der Waals surface area contributed by atoms with Gasteiger partial charge in [0.1, 0.15) is 0 Å². The first kappa shape index (κ1) is 16.2. The van der Waals surface area contributed by atoms with Crippen LogP contribution in [0.5, 0.6) is 0 Å². The Balaban J connectivity index is 1.79. The Bertz CT molecular complexity index is 512. The molecule has 1 amide bonds. The number of carbonyl (C=O) groups is 2. The van der Waals surface area contributed by atoms with E-state index in [0.717, 1.165) is 17.7 Å². The van der Waals surface area contributed by atoms with Gasteiger partial charge in [0.2, 0.25) is 5.91 Å². The lowest BCUT2D eigenvalue weighted by atomic mass is 9.86. The number of hydrogen-bond acceptors (Lipinski definition) is 3. The molecule has 1 aromatic rings. The average Bonchev–Trinajstić information content (AvgIpc) is 2.95. The van der Waals surface area contributed by atoms with Crippen LogP contribution in [0.15, 0.2) is 29.2 Å². The number of carboxylic acid groups (broad SMARTS) is 1. The molecule has 1 aliphatic rings. The quantitative estimate of drug-likeness (QED) is 0.787. The maximum absolute atomic E-state index is 11.9. The van der Waals surface area contributed by atoms with Gasteiger partial charge in [0, 0.05) is 16.5 Å². The Labute approximate surface area is 133 Å². The molecule has 0 unspecified atom stereocenters. The molecule has 0 saturated heterocycles. The first-order valence-electron chi connectivity index (χ1n) is 6.90. The van der Waals surface area contributed by atoms with Crippen molar-refractivity contribution in [2.45, 2.75) is 30.6 Å². The predicted octanol–water partition coefficient (Wildman–Crippen LogP) is 3.19. The van der Waals surface area contributed by atoms with Gasteiger partial charge < -0.3 is 10.4 Å². The second-order valence-corrected chi connectivity index (χ2v) is 6.80. The van der Waals surface area contributed by atoms with Gasteiger partial charge in [0.15, 0.2) is 0 Å². The molecule has 6 heteroatoms. The molecular formula is C15H18ClNO3S.